The highest BCUT2D eigenvalue weighted by Gasteiger charge is 2.43. The van der Waals surface area contributed by atoms with Crippen LogP contribution in [-0.2, 0) is 11.6 Å². The van der Waals surface area contributed by atoms with Gasteiger partial charge in [0, 0.05) is 5.56 Å². The number of carbonyl (C=O) groups is 1. The molecular formula is C23H19ClF3N3OS. The van der Waals surface area contributed by atoms with Crippen LogP contribution in [0.4, 0.5) is 23.0 Å². The fourth-order valence-corrected chi connectivity index (χ4v) is 4.80. The zero-order valence-corrected chi connectivity index (χ0v) is 18.8. The normalized spacial score (nSPS) is 18.6. The van der Waals surface area contributed by atoms with Gasteiger partial charge in [0.1, 0.15) is 0 Å². The van der Waals surface area contributed by atoms with Gasteiger partial charge in [-0.25, -0.2) is 9.80 Å². The van der Waals surface area contributed by atoms with Crippen LogP contribution in [0.15, 0.2) is 65.1 Å². The molecule has 0 saturated heterocycles. The summed E-state index contributed by atoms with van der Waals surface area (Å²) in [5.74, 6) is 0. The van der Waals surface area contributed by atoms with E-state index in [0.29, 0.717) is 16.3 Å². The molecule has 0 saturated carbocycles. The number of benzene rings is 2. The summed E-state index contributed by atoms with van der Waals surface area (Å²) < 4.78 is 39.5. The predicted molar refractivity (Wildman–Crippen MR) is 122 cm³/mol. The largest absolute Gasteiger partial charge is 0.417 e. The molecule has 0 fully saturated rings. The van der Waals surface area contributed by atoms with Crippen molar-refractivity contribution in [2.45, 2.75) is 25.4 Å². The highest BCUT2D eigenvalue weighted by molar-refractivity contribution is 7.14. The monoisotopic (exact) mass is 477 g/mol. The molecule has 1 unspecified atom stereocenters. The minimum absolute atomic E-state index is 0.223. The smallest absolute Gasteiger partial charge is 0.298 e. The molecular weight excluding hydrogens is 459 g/mol. The number of hydrogen-bond donors (Lipinski definition) is 1. The number of thiophene rings is 1. The summed E-state index contributed by atoms with van der Waals surface area (Å²) in [5, 5.41) is 10.9. The Labute approximate surface area is 192 Å². The standard InChI is InChI=1S/C23H19ClF3N3OS/c1-14-10-19(32-12-14)28-21(31)30-13-22(2,16-6-4-3-5-7-16)20(29-30)15-8-9-17(18(24)11-15)23(25,26)27/h3-12H,13H2,1-2H3,(H,28,31). The van der Waals surface area contributed by atoms with E-state index in [1.54, 1.807) is 0 Å². The average molecular weight is 478 g/mol. The van der Waals surface area contributed by atoms with Crippen molar-refractivity contribution in [2.24, 2.45) is 5.10 Å². The zero-order chi connectivity index (χ0) is 23.1. The van der Waals surface area contributed by atoms with Crippen LogP contribution in [0.3, 0.4) is 0 Å². The first-order valence-corrected chi connectivity index (χ1v) is 11.0. The number of urea groups is 1. The molecule has 2 aromatic carbocycles. The van der Waals surface area contributed by atoms with Crippen LogP contribution in [0.2, 0.25) is 5.02 Å². The van der Waals surface area contributed by atoms with Gasteiger partial charge < -0.3 is 0 Å². The van der Waals surface area contributed by atoms with Gasteiger partial charge in [-0.15, -0.1) is 11.3 Å². The van der Waals surface area contributed by atoms with Gasteiger partial charge in [0.2, 0.25) is 0 Å². The Morgan fingerprint density at radius 3 is 2.50 bits per heavy atom. The quantitative estimate of drug-likeness (QED) is 0.436. The van der Waals surface area contributed by atoms with Gasteiger partial charge in [0.15, 0.2) is 0 Å². The number of carbonyl (C=O) groups excluding carboxylic acids is 1. The fourth-order valence-electron chi connectivity index (χ4n) is 3.73. The SMILES string of the molecule is Cc1csc(NC(=O)N2CC(C)(c3ccccc3)C(c3ccc(C(F)(F)F)c(Cl)c3)=N2)c1. The van der Waals surface area contributed by atoms with Crippen molar-refractivity contribution in [3.63, 3.8) is 0 Å². The molecule has 166 valence electrons. The van der Waals surface area contributed by atoms with E-state index in [2.05, 4.69) is 10.4 Å². The maximum atomic E-state index is 13.2. The van der Waals surface area contributed by atoms with Crippen molar-refractivity contribution in [1.29, 1.82) is 0 Å². The molecule has 0 spiro atoms. The molecule has 1 aliphatic heterocycles. The Morgan fingerprint density at radius 1 is 1.19 bits per heavy atom. The second-order valence-corrected chi connectivity index (χ2v) is 9.13. The highest BCUT2D eigenvalue weighted by atomic mass is 35.5. The summed E-state index contributed by atoms with van der Waals surface area (Å²) >= 11 is 7.38. The van der Waals surface area contributed by atoms with Crippen molar-refractivity contribution in [1.82, 2.24) is 5.01 Å². The molecule has 4 nitrogen and oxygen atoms in total. The molecule has 1 aromatic heterocycles. The molecule has 0 radical (unpaired) electrons. The third-order valence-electron chi connectivity index (χ3n) is 5.36. The molecule has 9 heteroatoms. The molecule has 3 aromatic rings. The summed E-state index contributed by atoms with van der Waals surface area (Å²) in [6, 6.07) is 14.4. The van der Waals surface area contributed by atoms with Crippen LogP contribution < -0.4 is 5.32 Å². The van der Waals surface area contributed by atoms with Crippen LogP contribution in [-0.4, -0.2) is 23.3 Å². The van der Waals surface area contributed by atoms with E-state index < -0.39 is 28.2 Å². The summed E-state index contributed by atoms with van der Waals surface area (Å²) in [7, 11) is 0. The minimum Gasteiger partial charge on any atom is -0.298 e. The van der Waals surface area contributed by atoms with Crippen LogP contribution in [0.1, 0.15) is 29.2 Å². The Morgan fingerprint density at radius 2 is 1.91 bits per heavy atom. The molecule has 1 aliphatic rings. The molecule has 2 heterocycles. The Kier molecular flexibility index (Phi) is 5.77. The van der Waals surface area contributed by atoms with E-state index in [1.165, 1.54) is 28.5 Å². The van der Waals surface area contributed by atoms with E-state index in [0.717, 1.165) is 17.2 Å². The van der Waals surface area contributed by atoms with Crippen molar-refractivity contribution in [2.75, 3.05) is 11.9 Å². The van der Waals surface area contributed by atoms with Crippen LogP contribution in [0.5, 0.6) is 0 Å². The summed E-state index contributed by atoms with van der Waals surface area (Å²) in [6.45, 7) is 4.07. The van der Waals surface area contributed by atoms with Gasteiger partial charge in [-0.2, -0.15) is 18.3 Å². The number of nitrogens with one attached hydrogen (secondary N) is 1. The van der Waals surface area contributed by atoms with Crippen LogP contribution >= 0.6 is 22.9 Å². The number of nitrogens with zero attached hydrogens (tertiary/aromatic N) is 2. The second-order valence-electron chi connectivity index (χ2n) is 7.82. The number of anilines is 1. The first kappa shape index (κ1) is 22.4. The first-order chi connectivity index (χ1) is 15.1. The molecule has 4 rings (SSSR count). The number of aryl methyl sites for hydroxylation is 1. The van der Waals surface area contributed by atoms with Crippen molar-refractivity contribution in [3.8, 4) is 0 Å². The molecule has 32 heavy (non-hydrogen) atoms. The Hall–Kier alpha value is -2.84. The lowest BCUT2D eigenvalue weighted by atomic mass is 9.76. The van der Waals surface area contributed by atoms with Gasteiger partial charge in [-0.3, -0.25) is 5.32 Å². The van der Waals surface area contributed by atoms with Gasteiger partial charge in [0.05, 0.1) is 33.3 Å². The van der Waals surface area contributed by atoms with Crippen molar-refractivity contribution < 1.29 is 18.0 Å². The third-order valence-corrected chi connectivity index (χ3v) is 6.64. The lowest BCUT2D eigenvalue weighted by Gasteiger charge is -2.27. The number of alkyl halides is 3. The summed E-state index contributed by atoms with van der Waals surface area (Å²) in [4.78, 5) is 12.9. The van der Waals surface area contributed by atoms with E-state index in [-0.39, 0.29) is 6.54 Å². The Balaban J connectivity index is 1.74. The molecule has 0 aliphatic carbocycles. The van der Waals surface area contributed by atoms with Gasteiger partial charge in [-0.1, -0.05) is 48.0 Å². The van der Waals surface area contributed by atoms with Gasteiger partial charge in [0.25, 0.3) is 0 Å². The lowest BCUT2D eigenvalue weighted by Crippen LogP contribution is -2.38. The number of hydrazone groups is 1. The van der Waals surface area contributed by atoms with Crippen molar-refractivity contribution in [3.05, 3.63) is 87.3 Å². The number of rotatable bonds is 3. The topological polar surface area (TPSA) is 44.7 Å². The van der Waals surface area contributed by atoms with Crippen molar-refractivity contribution >= 4 is 39.7 Å². The van der Waals surface area contributed by atoms with E-state index in [1.807, 2.05) is 55.6 Å². The van der Waals surface area contributed by atoms with E-state index in [9.17, 15) is 18.0 Å². The number of amides is 2. The van der Waals surface area contributed by atoms with Crippen LogP contribution in [0.25, 0.3) is 0 Å². The van der Waals surface area contributed by atoms with E-state index in [4.69, 9.17) is 11.6 Å². The Bertz CT molecular complexity index is 1190. The third kappa shape index (κ3) is 4.25. The van der Waals surface area contributed by atoms with Gasteiger partial charge in [-0.05, 0) is 48.6 Å². The number of halogens is 4. The average Bonchev–Trinajstić information content (AvgIpc) is 3.31. The van der Waals surface area contributed by atoms with E-state index >= 15 is 0 Å². The summed E-state index contributed by atoms with van der Waals surface area (Å²) in [6.07, 6.45) is -4.55. The summed E-state index contributed by atoms with van der Waals surface area (Å²) in [5.41, 5.74) is 1.16. The highest BCUT2D eigenvalue weighted by Crippen LogP contribution is 2.39. The number of hydrogen-bond acceptors (Lipinski definition) is 3. The molecule has 0 bridgehead atoms. The second kappa shape index (κ2) is 8.26. The molecule has 1 atom stereocenters. The van der Waals surface area contributed by atoms with Crippen LogP contribution in [0, 0.1) is 6.92 Å². The molecule has 1 N–H and O–H groups in total. The maximum absolute atomic E-state index is 13.2. The minimum atomic E-state index is -4.55. The lowest BCUT2D eigenvalue weighted by molar-refractivity contribution is -0.137. The predicted octanol–water partition coefficient (Wildman–Crippen LogP) is 6.94. The molecule has 2 amide bonds. The maximum Gasteiger partial charge on any atom is 0.417 e. The van der Waals surface area contributed by atoms with Gasteiger partial charge >= 0.3 is 12.2 Å². The fraction of sp³-hybridized carbons (Fsp3) is 0.217. The first-order valence-electron chi connectivity index (χ1n) is 9.73. The zero-order valence-electron chi connectivity index (χ0n) is 17.2.